The molecule has 2 aromatic rings. The smallest absolute Gasteiger partial charge is 0.127 e. The molecule has 0 fully saturated rings. The van der Waals surface area contributed by atoms with Crippen molar-refractivity contribution in [1.29, 1.82) is 0 Å². The minimum absolute atomic E-state index is 0.416. The van der Waals surface area contributed by atoms with Crippen LogP contribution in [0.15, 0.2) is 42.5 Å². The predicted octanol–water partition coefficient (Wildman–Crippen LogP) is 3.49. The molecule has 0 aliphatic carbocycles. The van der Waals surface area contributed by atoms with Gasteiger partial charge in [0.2, 0.25) is 0 Å². The fraction of sp³-hybridized carbons (Fsp3) is 0.250. The molecule has 2 N–H and O–H groups in total. The van der Waals surface area contributed by atoms with Gasteiger partial charge >= 0.3 is 0 Å². The van der Waals surface area contributed by atoms with Crippen LogP contribution in [0, 0.1) is 0 Å². The zero-order valence-electron chi connectivity index (χ0n) is 11.4. The SMILES string of the molecule is COCCOc1ccccc1-c1ccc(Cl)c(CN)c1. The summed E-state index contributed by atoms with van der Waals surface area (Å²) in [6.45, 7) is 1.49. The Morgan fingerprint density at radius 2 is 1.90 bits per heavy atom. The van der Waals surface area contributed by atoms with Gasteiger partial charge in [0, 0.05) is 24.2 Å². The molecule has 2 aromatic carbocycles. The Morgan fingerprint density at radius 1 is 1.10 bits per heavy atom. The van der Waals surface area contributed by atoms with Crippen LogP contribution in [-0.4, -0.2) is 20.3 Å². The largest absolute Gasteiger partial charge is 0.491 e. The van der Waals surface area contributed by atoms with Crippen molar-refractivity contribution in [2.24, 2.45) is 5.73 Å². The fourth-order valence-corrected chi connectivity index (χ4v) is 2.16. The molecule has 0 unspecified atom stereocenters. The van der Waals surface area contributed by atoms with Crippen molar-refractivity contribution in [3.63, 3.8) is 0 Å². The Labute approximate surface area is 124 Å². The van der Waals surface area contributed by atoms with E-state index in [1.54, 1.807) is 7.11 Å². The summed E-state index contributed by atoms with van der Waals surface area (Å²) in [5.74, 6) is 0.829. The molecule has 0 aliphatic rings. The Kier molecular flexibility index (Phi) is 5.41. The maximum atomic E-state index is 6.10. The first kappa shape index (κ1) is 14.9. The van der Waals surface area contributed by atoms with Gasteiger partial charge in [-0.05, 0) is 29.3 Å². The highest BCUT2D eigenvalue weighted by molar-refractivity contribution is 6.31. The van der Waals surface area contributed by atoms with Gasteiger partial charge < -0.3 is 15.2 Å². The minimum Gasteiger partial charge on any atom is -0.491 e. The second kappa shape index (κ2) is 7.29. The summed E-state index contributed by atoms with van der Waals surface area (Å²) in [6, 6.07) is 13.7. The summed E-state index contributed by atoms with van der Waals surface area (Å²) >= 11 is 6.10. The molecular weight excluding hydrogens is 274 g/mol. The number of para-hydroxylation sites is 1. The fourth-order valence-electron chi connectivity index (χ4n) is 1.96. The lowest BCUT2D eigenvalue weighted by Crippen LogP contribution is -2.05. The lowest BCUT2D eigenvalue weighted by atomic mass is 10.0. The van der Waals surface area contributed by atoms with Gasteiger partial charge in [-0.2, -0.15) is 0 Å². The number of halogens is 1. The van der Waals surface area contributed by atoms with Crippen LogP contribution in [0.5, 0.6) is 5.75 Å². The molecule has 2 rings (SSSR count). The van der Waals surface area contributed by atoms with E-state index in [9.17, 15) is 0 Å². The highest BCUT2D eigenvalue weighted by Crippen LogP contribution is 2.32. The molecule has 106 valence electrons. The van der Waals surface area contributed by atoms with Crippen LogP contribution >= 0.6 is 11.6 Å². The van der Waals surface area contributed by atoms with E-state index in [2.05, 4.69) is 0 Å². The summed E-state index contributed by atoms with van der Waals surface area (Å²) in [5.41, 5.74) is 8.70. The summed E-state index contributed by atoms with van der Waals surface area (Å²) < 4.78 is 10.7. The molecule has 0 aliphatic heterocycles. The second-order valence-electron chi connectivity index (χ2n) is 4.35. The first-order valence-corrected chi connectivity index (χ1v) is 6.83. The Hall–Kier alpha value is -1.55. The summed E-state index contributed by atoms with van der Waals surface area (Å²) in [4.78, 5) is 0. The third-order valence-electron chi connectivity index (χ3n) is 3.01. The van der Waals surface area contributed by atoms with Gasteiger partial charge in [0.05, 0.1) is 6.61 Å². The summed E-state index contributed by atoms with van der Waals surface area (Å²) in [5, 5.41) is 0.689. The zero-order valence-corrected chi connectivity index (χ0v) is 12.2. The molecular formula is C16H18ClNO2. The average Bonchev–Trinajstić information content (AvgIpc) is 2.49. The van der Waals surface area contributed by atoms with E-state index in [1.807, 2.05) is 42.5 Å². The number of rotatable bonds is 6. The molecule has 0 atom stereocenters. The molecule has 0 aromatic heterocycles. The normalized spacial score (nSPS) is 10.6. The minimum atomic E-state index is 0.416. The van der Waals surface area contributed by atoms with E-state index >= 15 is 0 Å². The second-order valence-corrected chi connectivity index (χ2v) is 4.75. The van der Waals surface area contributed by atoms with E-state index in [-0.39, 0.29) is 0 Å². The highest BCUT2D eigenvalue weighted by atomic mass is 35.5. The maximum absolute atomic E-state index is 6.10. The van der Waals surface area contributed by atoms with Crippen LogP contribution in [0.4, 0.5) is 0 Å². The van der Waals surface area contributed by atoms with E-state index in [1.165, 1.54) is 0 Å². The van der Waals surface area contributed by atoms with E-state index in [4.69, 9.17) is 26.8 Å². The third-order valence-corrected chi connectivity index (χ3v) is 3.38. The van der Waals surface area contributed by atoms with Gasteiger partial charge in [-0.1, -0.05) is 35.9 Å². The number of hydrogen-bond donors (Lipinski definition) is 1. The van der Waals surface area contributed by atoms with Gasteiger partial charge in [0.15, 0.2) is 0 Å². The van der Waals surface area contributed by atoms with Gasteiger partial charge in [-0.15, -0.1) is 0 Å². The average molecular weight is 292 g/mol. The van der Waals surface area contributed by atoms with Crippen molar-refractivity contribution in [3.8, 4) is 16.9 Å². The molecule has 0 amide bonds. The van der Waals surface area contributed by atoms with Crippen molar-refractivity contribution < 1.29 is 9.47 Å². The molecule has 0 heterocycles. The van der Waals surface area contributed by atoms with Crippen LogP contribution in [0.2, 0.25) is 5.02 Å². The molecule has 0 spiro atoms. The van der Waals surface area contributed by atoms with Gasteiger partial charge in [-0.25, -0.2) is 0 Å². The highest BCUT2D eigenvalue weighted by Gasteiger charge is 2.08. The van der Waals surface area contributed by atoms with E-state index in [0.29, 0.717) is 24.8 Å². The lowest BCUT2D eigenvalue weighted by molar-refractivity contribution is 0.146. The van der Waals surface area contributed by atoms with E-state index in [0.717, 1.165) is 22.4 Å². The zero-order chi connectivity index (χ0) is 14.4. The predicted molar refractivity (Wildman–Crippen MR) is 82.2 cm³/mol. The van der Waals surface area contributed by atoms with Crippen molar-refractivity contribution in [2.75, 3.05) is 20.3 Å². The quantitative estimate of drug-likeness (QED) is 0.829. The molecule has 0 saturated carbocycles. The van der Waals surface area contributed by atoms with Gasteiger partial charge in [0.25, 0.3) is 0 Å². The van der Waals surface area contributed by atoms with E-state index < -0.39 is 0 Å². The van der Waals surface area contributed by atoms with Crippen LogP contribution < -0.4 is 10.5 Å². The molecule has 3 nitrogen and oxygen atoms in total. The first-order valence-electron chi connectivity index (χ1n) is 6.46. The third kappa shape index (κ3) is 3.51. The number of nitrogens with two attached hydrogens (primary N) is 1. The van der Waals surface area contributed by atoms with Gasteiger partial charge in [-0.3, -0.25) is 0 Å². The molecule has 0 saturated heterocycles. The van der Waals surface area contributed by atoms with Crippen molar-refractivity contribution in [1.82, 2.24) is 0 Å². The summed E-state index contributed by atoms with van der Waals surface area (Å²) in [6.07, 6.45) is 0. The van der Waals surface area contributed by atoms with Crippen LogP contribution in [0.1, 0.15) is 5.56 Å². The van der Waals surface area contributed by atoms with Gasteiger partial charge in [0.1, 0.15) is 12.4 Å². The van der Waals surface area contributed by atoms with Crippen molar-refractivity contribution in [2.45, 2.75) is 6.54 Å². The number of hydrogen-bond acceptors (Lipinski definition) is 3. The Balaban J connectivity index is 2.32. The molecule has 0 bridgehead atoms. The molecule has 0 radical (unpaired) electrons. The Bertz CT molecular complexity index is 572. The standard InChI is InChI=1S/C16H18ClNO2/c1-19-8-9-20-16-5-3-2-4-14(16)12-6-7-15(17)13(10-12)11-18/h2-7,10H,8-9,11,18H2,1H3. The Morgan fingerprint density at radius 3 is 2.65 bits per heavy atom. The van der Waals surface area contributed by atoms with Crippen LogP contribution in [0.3, 0.4) is 0 Å². The monoisotopic (exact) mass is 291 g/mol. The van der Waals surface area contributed by atoms with Crippen molar-refractivity contribution in [3.05, 3.63) is 53.1 Å². The number of methoxy groups -OCH3 is 1. The molecule has 20 heavy (non-hydrogen) atoms. The maximum Gasteiger partial charge on any atom is 0.127 e. The number of benzene rings is 2. The van der Waals surface area contributed by atoms with Crippen LogP contribution in [0.25, 0.3) is 11.1 Å². The van der Waals surface area contributed by atoms with Crippen LogP contribution in [-0.2, 0) is 11.3 Å². The summed E-state index contributed by atoms with van der Waals surface area (Å²) in [7, 11) is 1.65. The van der Waals surface area contributed by atoms with Crippen molar-refractivity contribution >= 4 is 11.6 Å². The molecule has 4 heteroatoms. The lowest BCUT2D eigenvalue weighted by Gasteiger charge is -2.12. The topological polar surface area (TPSA) is 44.5 Å². The first-order chi connectivity index (χ1) is 9.76. The number of ether oxygens (including phenoxy) is 2.